The van der Waals surface area contributed by atoms with Crippen LogP contribution in [-0.2, 0) is 6.54 Å². The Morgan fingerprint density at radius 2 is 2.37 bits per heavy atom. The first-order valence-corrected chi connectivity index (χ1v) is 7.91. The van der Waals surface area contributed by atoms with Gasteiger partial charge in [-0.1, -0.05) is 6.07 Å². The number of nitrogens with zero attached hydrogens (tertiary/aromatic N) is 3. The standard InChI is InChI=1S/C14H20N4S/c1-11-10-19-8-7-17(11)14-12(9-15-2)18-6-4-3-5-13(18)16-14/h3-6,11,15H,7-10H2,1-2H3. The maximum atomic E-state index is 4.85. The van der Waals surface area contributed by atoms with Gasteiger partial charge in [0.1, 0.15) is 5.65 Å². The Bertz CT molecular complexity index is 566. The molecule has 1 saturated heterocycles. The molecule has 1 fully saturated rings. The molecule has 1 unspecified atom stereocenters. The van der Waals surface area contributed by atoms with Gasteiger partial charge in [-0.3, -0.25) is 0 Å². The summed E-state index contributed by atoms with van der Waals surface area (Å²) in [5.41, 5.74) is 2.30. The van der Waals surface area contributed by atoms with E-state index in [1.54, 1.807) is 0 Å². The first-order valence-electron chi connectivity index (χ1n) is 6.76. The SMILES string of the molecule is CNCc1c(N2CCSCC2C)nc2ccccn12. The maximum absolute atomic E-state index is 4.85. The summed E-state index contributed by atoms with van der Waals surface area (Å²) in [6.07, 6.45) is 2.10. The minimum atomic E-state index is 0.555. The molecule has 1 atom stereocenters. The van der Waals surface area contributed by atoms with Crippen LogP contribution < -0.4 is 10.2 Å². The molecule has 0 amide bonds. The third kappa shape index (κ3) is 2.32. The maximum Gasteiger partial charge on any atom is 0.152 e. The number of imidazole rings is 1. The first kappa shape index (κ1) is 12.8. The highest BCUT2D eigenvalue weighted by atomic mass is 32.2. The second kappa shape index (κ2) is 5.43. The Kier molecular flexibility index (Phi) is 3.66. The van der Waals surface area contributed by atoms with Crippen molar-refractivity contribution < 1.29 is 0 Å². The van der Waals surface area contributed by atoms with Crippen LogP contribution in [0, 0.1) is 0 Å². The van der Waals surface area contributed by atoms with Gasteiger partial charge in [0.05, 0.1) is 5.69 Å². The number of pyridine rings is 1. The zero-order valence-electron chi connectivity index (χ0n) is 11.5. The van der Waals surface area contributed by atoms with Crippen molar-refractivity contribution in [3.8, 4) is 0 Å². The van der Waals surface area contributed by atoms with E-state index in [-0.39, 0.29) is 0 Å². The summed E-state index contributed by atoms with van der Waals surface area (Å²) >= 11 is 2.04. The molecule has 19 heavy (non-hydrogen) atoms. The highest BCUT2D eigenvalue weighted by Gasteiger charge is 2.24. The molecule has 0 bridgehead atoms. The van der Waals surface area contributed by atoms with E-state index in [4.69, 9.17) is 4.98 Å². The molecule has 3 heterocycles. The molecule has 4 nitrogen and oxygen atoms in total. The van der Waals surface area contributed by atoms with Crippen molar-refractivity contribution in [2.75, 3.05) is 30.0 Å². The van der Waals surface area contributed by atoms with Gasteiger partial charge >= 0.3 is 0 Å². The molecule has 3 rings (SSSR count). The van der Waals surface area contributed by atoms with Crippen LogP contribution in [-0.4, -0.2) is 40.5 Å². The molecule has 2 aromatic heterocycles. The molecule has 0 radical (unpaired) electrons. The minimum Gasteiger partial charge on any atom is -0.351 e. The summed E-state index contributed by atoms with van der Waals surface area (Å²) in [5.74, 6) is 3.53. The van der Waals surface area contributed by atoms with Gasteiger partial charge in [-0.2, -0.15) is 11.8 Å². The van der Waals surface area contributed by atoms with Crippen molar-refractivity contribution in [2.45, 2.75) is 19.5 Å². The fourth-order valence-electron chi connectivity index (χ4n) is 2.64. The van der Waals surface area contributed by atoms with Crippen molar-refractivity contribution >= 4 is 23.2 Å². The lowest BCUT2D eigenvalue weighted by molar-refractivity contribution is 0.679. The highest BCUT2D eigenvalue weighted by molar-refractivity contribution is 7.99. The minimum absolute atomic E-state index is 0.555. The van der Waals surface area contributed by atoms with Gasteiger partial charge in [0.25, 0.3) is 0 Å². The predicted molar refractivity (Wildman–Crippen MR) is 82.1 cm³/mol. The summed E-state index contributed by atoms with van der Waals surface area (Å²) < 4.78 is 2.19. The van der Waals surface area contributed by atoms with E-state index >= 15 is 0 Å². The van der Waals surface area contributed by atoms with Crippen LogP contribution in [0.1, 0.15) is 12.6 Å². The molecule has 5 heteroatoms. The number of thioether (sulfide) groups is 1. The van der Waals surface area contributed by atoms with Crippen LogP contribution in [0.5, 0.6) is 0 Å². The van der Waals surface area contributed by atoms with E-state index < -0.39 is 0 Å². The van der Waals surface area contributed by atoms with Crippen LogP contribution in [0.25, 0.3) is 5.65 Å². The summed E-state index contributed by atoms with van der Waals surface area (Å²) in [6, 6.07) is 6.74. The van der Waals surface area contributed by atoms with Crippen molar-refractivity contribution in [1.82, 2.24) is 14.7 Å². The third-order valence-corrected chi connectivity index (χ3v) is 4.78. The normalized spacial score (nSPS) is 20.1. The number of anilines is 1. The van der Waals surface area contributed by atoms with Gasteiger partial charge in [-0.25, -0.2) is 4.98 Å². The molecule has 102 valence electrons. The third-order valence-electron chi connectivity index (χ3n) is 3.59. The van der Waals surface area contributed by atoms with Crippen LogP contribution in [0.3, 0.4) is 0 Å². The zero-order chi connectivity index (χ0) is 13.2. The smallest absolute Gasteiger partial charge is 0.152 e. The number of hydrogen-bond acceptors (Lipinski definition) is 4. The van der Waals surface area contributed by atoms with Gasteiger partial charge in [0, 0.05) is 36.8 Å². The molecule has 1 aliphatic heterocycles. The van der Waals surface area contributed by atoms with E-state index in [1.807, 2.05) is 24.9 Å². The van der Waals surface area contributed by atoms with Crippen molar-refractivity contribution in [2.24, 2.45) is 0 Å². The molecule has 2 aromatic rings. The molecular formula is C14H20N4S. The highest BCUT2D eigenvalue weighted by Crippen LogP contribution is 2.27. The van der Waals surface area contributed by atoms with Crippen molar-refractivity contribution in [1.29, 1.82) is 0 Å². The monoisotopic (exact) mass is 276 g/mol. The van der Waals surface area contributed by atoms with E-state index in [2.05, 4.69) is 39.9 Å². The molecule has 1 aliphatic rings. The topological polar surface area (TPSA) is 32.6 Å². The van der Waals surface area contributed by atoms with Crippen LogP contribution in [0.15, 0.2) is 24.4 Å². The Balaban J connectivity index is 2.08. The number of fused-ring (bicyclic) bond motifs is 1. The van der Waals surface area contributed by atoms with Gasteiger partial charge in [0.2, 0.25) is 0 Å². The van der Waals surface area contributed by atoms with Gasteiger partial charge < -0.3 is 14.6 Å². The molecule has 0 saturated carbocycles. The molecule has 1 N–H and O–H groups in total. The predicted octanol–water partition coefficient (Wildman–Crippen LogP) is 2.00. The molecule has 0 aromatic carbocycles. The van der Waals surface area contributed by atoms with Gasteiger partial charge in [0.15, 0.2) is 5.82 Å². The Hall–Kier alpha value is -1.20. The van der Waals surface area contributed by atoms with Crippen molar-refractivity contribution in [3.05, 3.63) is 30.1 Å². The first-order chi connectivity index (χ1) is 9.31. The second-order valence-corrected chi connectivity index (χ2v) is 6.11. The zero-order valence-corrected chi connectivity index (χ0v) is 12.3. The van der Waals surface area contributed by atoms with E-state index in [0.717, 1.165) is 24.6 Å². The van der Waals surface area contributed by atoms with Gasteiger partial charge in [-0.15, -0.1) is 0 Å². The number of aromatic nitrogens is 2. The summed E-state index contributed by atoms with van der Waals surface area (Å²) in [6.45, 7) is 4.22. The fraction of sp³-hybridized carbons (Fsp3) is 0.500. The van der Waals surface area contributed by atoms with Crippen molar-refractivity contribution in [3.63, 3.8) is 0 Å². The lowest BCUT2D eigenvalue weighted by atomic mass is 10.2. The summed E-state index contributed by atoms with van der Waals surface area (Å²) in [5, 5.41) is 3.26. The number of nitrogens with one attached hydrogen (secondary N) is 1. The van der Waals surface area contributed by atoms with Crippen LogP contribution in [0.2, 0.25) is 0 Å². The quantitative estimate of drug-likeness (QED) is 0.929. The Morgan fingerprint density at radius 3 is 3.16 bits per heavy atom. The Labute approximate surface area is 118 Å². The summed E-state index contributed by atoms with van der Waals surface area (Å²) in [4.78, 5) is 7.30. The summed E-state index contributed by atoms with van der Waals surface area (Å²) in [7, 11) is 1.99. The number of hydrogen-bond donors (Lipinski definition) is 1. The second-order valence-electron chi connectivity index (χ2n) is 4.96. The largest absolute Gasteiger partial charge is 0.351 e. The van der Waals surface area contributed by atoms with E-state index in [1.165, 1.54) is 17.2 Å². The molecular weight excluding hydrogens is 256 g/mol. The van der Waals surface area contributed by atoms with Crippen LogP contribution >= 0.6 is 11.8 Å². The van der Waals surface area contributed by atoms with E-state index in [9.17, 15) is 0 Å². The Morgan fingerprint density at radius 1 is 1.47 bits per heavy atom. The average molecular weight is 276 g/mol. The van der Waals surface area contributed by atoms with Gasteiger partial charge in [-0.05, 0) is 26.1 Å². The van der Waals surface area contributed by atoms with Crippen LogP contribution in [0.4, 0.5) is 5.82 Å². The average Bonchev–Trinajstić information content (AvgIpc) is 2.79. The lowest BCUT2D eigenvalue weighted by Gasteiger charge is -2.34. The lowest BCUT2D eigenvalue weighted by Crippen LogP contribution is -2.41. The fourth-order valence-corrected chi connectivity index (χ4v) is 3.65. The van der Waals surface area contributed by atoms with E-state index in [0.29, 0.717) is 6.04 Å². The molecule has 0 aliphatic carbocycles. The number of rotatable bonds is 3. The molecule has 0 spiro atoms.